The first-order chi connectivity index (χ1) is 11.4. The van der Waals surface area contributed by atoms with Crippen molar-refractivity contribution < 1.29 is 17.9 Å². The molecule has 0 bridgehead atoms. The third-order valence-corrected chi connectivity index (χ3v) is 5.55. The van der Waals surface area contributed by atoms with Crippen LogP contribution >= 0.6 is 0 Å². The molecule has 0 amide bonds. The second kappa shape index (κ2) is 7.49. The average molecular weight is 347 g/mol. The van der Waals surface area contributed by atoms with Crippen LogP contribution in [0.15, 0.2) is 53.4 Å². The number of ether oxygens (including phenoxy) is 1. The molecule has 24 heavy (non-hydrogen) atoms. The molecule has 2 rings (SSSR count). The number of rotatable bonds is 6. The SMILES string of the molecule is CCCc1ccc(S(=O)(=O)N(C)c2ccccc2C(=O)OC)cc1. The van der Waals surface area contributed by atoms with Crippen molar-refractivity contribution in [3.05, 3.63) is 59.7 Å². The van der Waals surface area contributed by atoms with E-state index in [9.17, 15) is 13.2 Å². The van der Waals surface area contributed by atoms with Gasteiger partial charge in [0.1, 0.15) is 0 Å². The summed E-state index contributed by atoms with van der Waals surface area (Å²) < 4.78 is 31.5. The fourth-order valence-electron chi connectivity index (χ4n) is 2.44. The zero-order valence-corrected chi connectivity index (χ0v) is 14.8. The van der Waals surface area contributed by atoms with E-state index in [4.69, 9.17) is 4.74 Å². The fraction of sp³-hybridized carbons (Fsp3) is 0.278. The van der Waals surface area contributed by atoms with Gasteiger partial charge < -0.3 is 4.74 Å². The van der Waals surface area contributed by atoms with Crippen LogP contribution < -0.4 is 4.31 Å². The summed E-state index contributed by atoms with van der Waals surface area (Å²) in [5, 5.41) is 0. The standard InChI is InChI=1S/C18H21NO4S/c1-4-7-14-10-12-15(13-11-14)24(21,22)19(2)17-9-6-5-8-16(17)18(20)23-3/h5-6,8-13H,4,7H2,1-3H3. The molecule has 0 aliphatic heterocycles. The lowest BCUT2D eigenvalue weighted by Gasteiger charge is -2.21. The molecule has 0 aromatic heterocycles. The first-order valence-electron chi connectivity index (χ1n) is 7.67. The van der Waals surface area contributed by atoms with Crippen molar-refractivity contribution in [3.63, 3.8) is 0 Å². The molecule has 2 aromatic carbocycles. The highest BCUT2D eigenvalue weighted by Crippen LogP contribution is 2.26. The van der Waals surface area contributed by atoms with Gasteiger partial charge in [0.25, 0.3) is 10.0 Å². The Morgan fingerprint density at radius 1 is 1.08 bits per heavy atom. The van der Waals surface area contributed by atoms with E-state index in [1.165, 1.54) is 20.2 Å². The molecular weight excluding hydrogens is 326 g/mol. The lowest BCUT2D eigenvalue weighted by atomic mass is 10.1. The number of esters is 1. The van der Waals surface area contributed by atoms with E-state index in [1.807, 2.05) is 12.1 Å². The molecule has 0 spiro atoms. The Hall–Kier alpha value is -2.34. The number of hydrogen-bond acceptors (Lipinski definition) is 4. The smallest absolute Gasteiger partial charge is 0.340 e. The molecule has 0 fully saturated rings. The minimum atomic E-state index is -3.76. The Morgan fingerprint density at radius 3 is 2.29 bits per heavy atom. The van der Waals surface area contributed by atoms with E-state index in [0.29, 0.717) is 0 Å². The summed E-state index contributed by atoms with van der Waals surface area (Å²) in [6, 6.07) is 13.3. The Kier molecular flexibility index (Phi) is 5.62. The van der Waals surface area contributed by atoms with Crippen molar-refractivity contribution in [3.8, 4) is 0 Å². The summed E-state index contributed by atoms with van der Waals surface area (Å²) in [5.74, 6) is -0.578. The zero-order valence-electron chi connectivity index (χ0n) is 14.0. The zero-order chi connectivity index (χ0) is 17.7. The number of aryl methyl sites for hydroxylation is 1. The number of benzene rings is 2. The lowest BCUT2D eigenvalue weighted by Crippen LogP contribution is -2.28. The number of anilines is 1. The Bertz CT molecular complexity index is 813. The van der Waals surface area contributed by atoms with Crippen molar-refractivity contribution in [2.75, 3.05) is 18.5 Å². The van der Waals surface area contributed by atoms with Gasteiger partial charge in [-0.3, -0.25) is 4.31 Å². The molecule has 0 heterocycles. The van der Waals surface area contributed by atoms with Crippen LogP contribution in [0.1, 0.15) is 29.3 Å². The van der Waals surface area contributed by atoms with Gasteiger partial charge in [-0.2, -0.15) is 0 Å². The van der Waals surface area contributed by atoms with Crippen LogP contribution in [0.4, 0.5) is 5.69 Å². The monoisotopic (exact) mass is 347 g/mol. The molecule has 6 heteroatoms. The quantitative estimate of drug-likeness (QED) is 0.753. The highest BCUT2D eigenvalue weighted by molar-refractivity contribution is 7.92. The minimum absolute atomic E-state index is 0.185. The predicted octanol–water partition coefficient (Wildman–Crippen LogP) is 3.25. The van der Waals surface area contributed by atoms with E-state index in [-0.39, 0.29) is 16.1 Å². The normalized spacial score (nSPS) is 11.1. The van der Waals surface area contributed by atoms with Crippen LogP contribution in [0.3, 0.4) is 0 Å². The number of nitrogens with zero attached hydrogens (tertiary/aromatic N) is 1. The maximum Gasteiger partial charge on any atom is 0.340 e. The first-order valence-corrected chi connectivity index (χ1v) is 9.11. The van der Waals surface area contributed by atoms with Crippen molar-refractivity contribution in [2.24, 2.45) is 0 Å². The minimum Gasteiger partial charge on any atom is -0.465 e. The first kappa shape index (κ1) is 18.0. The third-order valence-electron chi connectivity index (χ3n) is 3.77. The molecule has 0 atom stereocenters. The van der Waals surface area contributed by atoms with Crippen LogP contribution in [-0.2, 0) is 21.2 Å². The number of carbonyl (C=O) groups is 1. The van der Waals surface area contributed by atoms with E-state index in [2.05, 4.69) is 6.92 Å². The van der Waals surface area contributed by atoms with Gasteiger partial charge in [-0.15, -0.1) is 0 Å². The second-order valence-corrected chi connectivity index (χ2v) is 7.34. The summed E-state index contributed by atoms with van der Waals surface area (Å²) >= 11 is 0. The van der Waals surface area contributed by atoms with Gasteiger partial charge >= 0.3 is 5.97 Å². The summed E-state index contributed by atoms with van der Waals surface area (Å²) in [5.41, 5.74) is 1.57. The molecule has 2 aromatic rings. The van der Waals surface area contributed by atoms with E-state index < -0.39 is 16.0 Å². The lowest BCUT2D eigenvalue weighted by molar-refractivity contribution is 0.0601. The summed E-state index contributed by atoms with van der Waals surface area (Å²) in [4.78, 5) is 12.1. The predicted molar refractivity (Wildman–Crippen MR) is 93.8 cm³/mol. The van der Waals surface area contributed by atoms with Crippen LogP contribution in [-0.4, -0.2) is 28.5 Å². The molecular formula is C18H21NO4S. The summed E-state index contributed by atoms with van der Waals surface area (Å²) in [6.45, 7) is 2.07. The maximum atomic E-state index is 12.8. The Balaban J connectivity index is 2.41. The summed E-state index contributed by atoms with van der Waals surface area (Å²) in [7, 11) is -1.07. The maximum absolute atomic E-state index is 12.8. The Morgan fingerprint density at radius 2 is 1.71 bits per heavy atom. The number of sulfonamides is 1. The van der Waals surface area contributed by atoms with Crippen molar-refractivity contribution in [1.29, 1.82) is 0 Å². The third kappa shape index (κ3) is 3.59. The van der Waals surface area contributed by atoms with E-state index in [1.54, 1.807) is 30.3 Å². The molecule has 128 valence electrons. The van der Waals surface area contributed by atoms with Gasteiger partial charge in [0, 0.05) is 7.05 Å². The highest BCUT2D eigenvalue weighted by atomic mass is 32.2. The Labute approximate surface area is 142 Å². The molecule has 5 nitrogen and oxygen atoms in total. The van der Waals surface area contributed by atoms with Crippen molar-refractivity contribution >= 4 is 21.7 Å². The number of carbonyl (C=O) groups excluding carboxylic acids is 1. The van der Waals surface area contributed by atoms with Gasteiger partial charge in [0.05, 0.1) is 23.3 Å². The number of hydrogen-bond donors (Lipinski definition) is 0. The molecule has 0 unspecified atom stereocenters. The molecule has 0 saturated carbocycles. The van der Waals surface area contributed by atoms with Crippen molar-refractivity contribution in [2.45, 2.75) is 24.7 Å². The van der Waals surface area contributed by atoms with Gasteiger partial charge in [-0.1, -0.05) is 37.6 Å². The average Bonchev–Trinajstić information content (AvgIpc) is 2.61. The van der Waals surface area contributed by atoms with Crippen molar-refractivity contribution in [1.82, 2.24) is 0 Å². The van der Waals surface area contributed by atoms with Gasteiger partial charge in [0.2, 0.25) is 0 Å². The van der Waals surface area contributed by atoms with E-state index in [0.717, 1.165) is 22.7 Å². The van der Waals surface area contributed by atoms with Gasteiger partial charge in [0.15, 0.2) is 0 Å². The second-order valence-electron chi connectivity index (χ2n) is 5.38. The largest absolute Gasteiger partial charge is 0.465 e. The number of methoxy groups -OCH3 is 1. The summed E-state index contributed by atoms with van der Waals surface area (Å²) in [6.07, 6.45) is 1.90. The van der Waals surface area contributed by atoms with E-state index >= 15 is 0 Å². The van der Waals surface area contributed by atoms with Crippen LogP contribution in [0.25, 0.3) is 0 Å². The molecule has 0 aliphatic carbocycles. The van der Waals surface area contributed by atoms with Gasteiger partial charge in [-0.05, 0) is 36.2 Å². The van der Waals surface area contributed by atoms with Crippen LogP contribution in [0.2, 0.25) is 0 Å². The molecule has 0 N–H and O–H groups in total. The van der Waals surface area contributed by atoms with Crippen LogP contribution in [0.5, 0.6) is 0 Å². The fourth-order valence-corrected chi connectivity index (χ4v) is 3.65. The topological polar surface area (TPSA) is 63.7 Å². The molecule has 0 radical (unpaired) electrons. The molecule has 0 aliphatic rings. The van der Waals surface area contributed by atoms with Crippen LogP contribution in [0, 0.1) is 0 Å². The molecule has 0 saturated heterocycles. The number of para-hydroxylation sites is 1. The van der Waals surface area contributed by atoms with Gasteiger partial charge in [-0.25, -0.2) is 13.2 Å². The highest BCUT2D eigenvalue weighted by Gasteiger charge is 2.25.